The molecule has 0 aliphatic rings. The molecule has 1 aromatic heterocycles. The molecule has 0 bridgehead atoms. The number of hydrogen-bond acceptors (Lipinski definition) is 5. The van der Waals surface area contributed by atoms with E-state index in [4.69, 9.17) is 10.00 Å². The van der Waals surface area contributed by atoms with E-state index in [1.165, 1.54) is 47.7 Å². The Labute approximate surface area is 181 Å². The predicted molar refractivity (Wildman–Crippen MR) is 110 cm³/mol. The first-order chi connectivity index (χ1) is 14.7. The average molecular weight is 445 g/mol. The van der Waals surface area contributed by atoms with E-state index in [1.54, 1.807) is 12.1 Å². The van der Waals surface area contributed by atoms with Gasteiger partial charge in [-0.2, -0.15) is 18.4 Å². The van der Waals surface area contributed by atoms with Crippen LogP contribution in [0.4, 0.5) is 13.2 Å². The maximum absolute atomic E-state index is 13.1. The first-order valence-corrected chi connectivity index (χ1v) is 10.1. The number of nitriles is 1. The average Bonchev–Trinajstić information content (AvgIpc) is 3.16. The minimum Gasteiger partial charge on any atom is -0.487 e. The van der Waals surface area contributed by atoms with E-state index in [2.05, 4.69) is 4.98 Å². The molecule has 3 aromatic rings. The highest BCUT2D eigenvalue weighted by atomic mass is 32.1. The fourth-order valence-electron chi connectivity index (χ4n) is 2.85. The number of aryl methyl sites for hydroxylation is 1. The first kappa shape index (κ1) is 22.3. The molecule has 0 N–H and O–H groups in total. The molecular formula is C22H18F3N3O2S. The number of halogens is 3. The van der Waals surface area contributed by atoms with Crippen LogP contribution in [0.1, 0.15) is 32.2 Å². The van der Waals surface area contributed by atoms with Gasteiger partial charge in [0.2, 0.25) is 0 Å². The monoisotopic (exact) mass is 445 g/mol. The van der Waals surface area contributed by atoms with Crippen LogP contribution in [-0.4, -0.2) is 28.5 Å². The maximum atomic E-state index is 13.1. The van der Waals surface area contributed by atoms with Gasteiger partial charge in [0, 0.05) is 17.5 Å². The van der Waals surface area contributed by atoms with E-state index < -0.39 is 18.6 Å². The minimum absolute atomic E-state index is 0.0878. The molecule has 0 atom stereocenters. The molecule has 5 nitrogen and oxygen atoms in total. The Kier molecular flexibility index (Phi) is 6.92. The molecule has 9 heteroatoms. The van der Waals surface area contributed by atoms with E-state index in [0.717, 1.165) is 15.6 Å². The van der Waals surface area contributed by atoms with Crippen LogP contribution in [0.25, 0.3) is 0 Å². The van der Waals surface area contributed by atoms with Gasteiger partial charge in [-0.25, -0.2) is 4.98 Å². The molecule has 0 saturated heterocycles. The molecular weight excluding hydrogens is 427 g/mol. The normalized spacial score (nSPS) is 11.1. The summed E-state index contributed by atoms with van der Waals surface area (Å²) < 4.78 is 45.0. The number of ether oxygens (including phenoxy) is 1. The summed E-state index contributed by atoms with van der Waals surface area (Å²) in [4.78, 5) is 17.9. The summed E-state index contributed by atoms with van der Waals surface area (Å²) in [5.41, 5.74) is 1.70. The van der Waals surface area contributed by atoms with Crippen LogP contribution in [0.5, 0.6) is 5.75 Å². The number of hydrogen-bond donors (Lipinski definition) is 0. The van der Waals surface area contributed by atoms with Crippen molar-refractivity contribution >= 4 is 17.2 Å². The Hall–Kier alpha value is -3.38. The Morgan fingerprint density at radius 1 is 1.23 bits per heavy atom. The van der Waals surface area contributed by atoms with Crippen LogP contribution >= 0.6 is 11.3 Å². The summed E-state index contributed by atoms with van der Waals surface area (Å²) in [6, 6.07) is 14.1. The van der Waals surface area contributed by atoms with Crippen molar-refractivity contribution in [1.29, 1.82) is 5.26 Å². The molecule has 0 unspecified atom stereocenters. The number of nitrogens with zero attached hydrogens (tertiary/aromatic N) is 3. The van der Waals surface area contributed by atoms with Gasteiger partial charge < -0.3 is 9.64 Å². The lowest BCUT2D eigenvalue weighted by Crippen LogP contribution is -2.38. The zero-order valence-corrected chi connectivity index (χ0v) is 17.3. The van der Waals surface area contributed by atoms with Crippen LogP contribution in [0.2, 0.25) is 0 Å². The zero-order valence-electron chi connectivity index (χ0n) is 16.5. The molecule has 31 heavy (non-hydrogen) atoms. The van der Waals surface area contributed by atoms with E-state index in [0.29, 0.717) is 16.9 Å². The molecule has 160 valence electrons. The van der Waals surface area contributed by atoms with Crippen molar-refractivity contribution in [3.8, 4) is 11.8 Å². The van der Waals surface area contributed by atoms with Gasteiger partial charge in [-0.05, 0) is 42.8 Å². The van der Waals surface area contributed by atoms with Gasteiger partial charge in [-0.1, -0.05) is 18.2 Å². The van der Waals surface area contributed by atoms with Crippen LogP contribution in [0.15, 0.2) is 53.9 Å². The predicted octanol–water partition coefficient (Wildman–Crippen LogP) is 5.11. The number of thiazole rings is 1. The van der Waals surface area contributed by atoms with Gasteiger partial charge in [0.05, 0.1) is 22.3 Å². The molecule has 0 saturated carbocycles. The summed E-state index contributed by atoms with van der Waals surface area (Å²) in [6.45, 7) is 0.429. The topological polar surface area (TPSA) is 66.2 Å². The second-order valence-electron chi connectivity index (χ2n) is 6.76. The second-order valence-corrected chi connectivity index (χ2v) is 7.82. The van der Waals surface area contributed by atoms with Crippen LogP contribution in [-0.2, 0) is 13.2 Å². The van der Waals surface area contributed by atoms with Gasteiger partial charge in [0.1, 0.15) is 18.9 Å². The van der Waals surface area contributed by atoms with Gasteiger partial charge in [0.15, 0.2) is 0 Å². The standard InChI is InChI=1S/C22H18F3N3O2S/c1-15-27-19(13-31-15)12-30-20-4-2-3-18(9-20)21(29)28(14-22(23,24)25)11-17-7-5-16(10-26)6-8-17/h2-9,13H,11-12,14H2,1H3. The van der Waals surface area contributed by atoms with Crippen molar-refractivity contribution in [3.05, 3.63) is 81.3 Å². The number of aromatic nitrogens is 1. The third-order valence-electron chi connectivity index (χ3n) is 4.25. The fourth-order valence-corrected chi connectivity index (χ4v) is 3.45. The number of benzene rings is 2. The molecule has 1 amide bonds. The lowest BCUT2D eigenvalue weighted by atomic mass is 10.1. The van der Waals surface area contributed by atoms with Crippen molar-refractivity contribution in [2.75, 3.05) is 6.54 Å². The summed E-state index contributed by atoms with van der Waals surface area (Å²) in [5, 5.41) is 11.6. The Morgan fingerprint density at radius 3 is 2.58 bits per heavy atom. The Balaban J connectivity index is 1.76. The highest BCUT2D eigenvalue weighted by Gasteiger charge is 2.33. The van der Waals surface area contributed by atoms with Crippen molar-refractivity contribution in [1.82, 2.24) is 9.88 Å². The fraction of sp³-hybridized carbons (Fsp3) is 0.227. The Bertz CT molecular complexity index is 1090. The molecule has 0 fully saturated rings. The second kappa shape index (κ2) is 9.62. The number of carbonyl (C=O) groups excluding carboxylic acids is 1. The number of amides is 1. The van der Waals surface area contributed by atoms with E-state index in [-0.39, 0.29) is 18.7 Å². The molecule has 0 aliphatic heterocycles. The smallest absolute Gasteiger partial charge is 0.406 e. The molecule has 2 aromatic carbocycles. The Morgan fingerprint density at radius 2 is 1.97 bits per heavy atom. The highest BCUT2D eigenvalue weighted by Crippen LogP contribution is 2.22. The van der Waals surface area contributed by atoms with Crippen molar-refractivity contribution in [2.45, 2.75) is 26.3 Å². The summed E-state index contributed by atoms with van der Waals surface area (Å²) in [7, 11) is 0. The summed E-state index contributed by atoms with van der Waals surface area (Å²) in [5.74, 6) is -0.404. The molecule has 0 radical (unpaired) electrons. The molecule has 3 rings (SSSR count). The third kappa shape index (κ3) is 6.55. The zero-order chi connectivity index (χ0) is 22.4. The SMILES string of the molecule is Cc1nc(COc2cccc(C(=O)N(Cc3ccc(C#N)cc3)CC(F)(F)F)c2)cs1. The maximum Gasteiger partial charge on any atom is 0.406 e. The van der Waals surface area contributed by atoms with Gasteiger partial charge in [-0.3, -0.25) is 4.79 Å². The van der Waals surface area contributed by atoms with Gasteiger partial charge in [0.25, 0.3) is 5.91 Å². The largest absolute Gasteiger partial charge is 0.487 e. The lowest BCUT2D eigenvalue weighted by molar-refractivity contribution is -0.141. The van der Waals surface area contributed by atoms with Gasteiger partial charge in [-0.15, -0.1) is 11.3 Å². The number of alkyl halides is 3. The van der Waals surface area contributed by atoms with Crippen LogP contribution in [0.3, 0.4) is 0 Å². The molecule has 0 aliphatic carbocycles. The van der Waals surface area contributed by atoms with E-state index in [1.807, 2.05) is 18.4 Å². The van der Waals surface area contributed by atoms with Crippen LogP contribution < -0.4 is 4.74 Å². The minimum atomic E-state index is -4.56. The quantitative estimate of drug-likeness (QED) is 0.507. The number of rotatable bonds is 7. The van der Waals surface area contributed by atoms with Crippen LogP contribution in [0, 0.1) is 18.3 Å². The third-order valence-corrected chi connectivity index (χ3v) is 5.07. The van der Waals surface area contributed by atoms with E-state index in [9.17, 15) is 18.0 Å². The van der Waals surface area contributed by atoms with Crippen molar-refractivity contribution in [3.63, 3.8) is 0 Å². The van der Waals surface area contributed by atoms with Crippen molar-refractivity contribution in [2.24, 2.45) is 0 Å². The first-order valence-electron chi connectivity index (χ1n) is 9.22. The van der Waals surface area contributed by atoms with Crippen molar-refractivity contribution < 1.29 is 22.7 Å². The number of carbonyl (C=O) groups is 1. The lowest BCUT2D eigenvalue weighted by Gasteiger charge is -2.24. The highest BCUT2D eigenvalue weighted by molar-refractivity contribution is 7.09. The molecule has 0 spiro atoms. The van der Waals surface area contributed by atoms with Gasteiger partial charge >= 0.3 is 6.18 Å². The van der Waals surface area contributed by atoms with E-state index >= 15 is 0 Å². The summed E-state index contributed by atoms with van der Waals surface area (Å²) in [6.07, 6.45) is -4.56. The summed E-state index contributed by atoms with van der Waals surface area (Å²) >= 11 is 1.48. The molecule has 1 heterocycles.